The van der Waals surface area contributed by atoms with Gasteiger partial charge in [0.25, 0.3) is 5.91 Å². The molecule has 10 heteroatoms. The number of carbonyl (C=O) groups is 1. The Labute approximate surface area is 166 Å². The SMILES string of the molecule is CC1Oc2ccccc2OC1C(=O)Nc1nnc(-c2cccc(S(C)(=O)=O)c2)o1. The summed E-state index contributed by atoms with van der Waals surface area (Å²) in [6, 6.07) is 13.0. The molecule has 150 valence electrons. The zero-order valence-electron chi connectivity index (χ0n) is 15.5. The van der Waals surface area contributed by atoms with Crippen LogP contribution < -0.4 is 14.8 Å². The van der Waals surface area contributed by atoms with Gasteiger partial charge < -0.3 is 13.9 Å². The molecular formula is C19H17N3O6S. The van der Waals surface area contributed by atoms with E-state index >= 15 is 0 Å². The number of anilines is 1. The number of nitrogens with one attached hydrogen (secondary N) is 1. The summed E-state index contributed by atoms with van der Waals surface area (Å²) in [5.74, 6) is 0.599. The topological polar surface area (TPSA) is 121 Å². The highest BCUT2D eigenvalue weighted by atomic mass is 32.2. The molecule has 3 aromatic rings. The first-order valence-electron chi connectivity index (χ1n) is 8.68. The molecule has 9 nitrogen and oxygen atoms in total. The second-order valence-corrected chi connectivity index (χ2v) is 8.53. The number of benzene rings is 2. The number of fused-ring (bicyclic) bond motifs is 1. The first-order valence-corrected chi connectivity index (χ1v) is 10.6. The summed E-state index contributed by atoms with van der Waals surface area (Å²) in [5, 5.41) is 10.2. The van der Waals surface area contributed by atoms with Crippen molar-refractivity contribution in [3.05, 3.63) is 48.5 Å². The maximum absolute atomic E-state index is 12.6. The number of nitrogens with zero attached hydrogens (tertiary/aromatic N) is 2. The van der Waals surface area contributed by atoms with Crippen LogP contribution in [-0.2, 0) is 14.6 Å². The zero-order valence-corrected chi connectivity index (χ0v) is 16.3. The molecule has 0 saturated carbocycles. The van der Waals surface area contributed by atoms with E-state index in [1.54, 1.807) is 37.3 Å². The number of para-hydroxylation sites is 2. The smallest absolute Gasteiger partial charge is 0.322 e. The molecule has 0 radical (unpaired) electrons. The Morgan fingerprint density at radius 1 is 1.03 bits per heavy atom. The van der Waals surface area contributed by atoms with Crippen LogP contribution >= 0.6 is 0 Å². The number of aromatic nitrogens is 2. The van der Waals surface area contributed by atoms with E-state index in [0.717, 1.165) is 6.26 Å². The highest BCUT2D eigenvalue weighted by Crippen LogP contribution is 2.33. The second kappa shape index (κ2) is 7.21. The van der Waals surface area contributed by atoms with E-state index in [4.69, 9.17) is 13.9 Å². The molecule has 29 heavy (non-hydrogen) atoms. The van der Waals surface area contributed by atoms with Gasteiger partial charge in [0.15, 0.2) is 21.3 Å². The number of hydrogen-bond donors (Lipinski definition) is 1. The quantitative estimate of drug-likeness (QED) is 0.689. The van der Waals surface area contributed by atoms with Crippen LogP contribution in [0.25, 0.3) is 11.5 Å². The second-order valence-electron chi connectivity index (χ2n) is 6.51. The fourth-order valence-corrected chi connectivity index (χ4v) is 3.50. The molecule has 2 aromatic carbocycles. The van der Waals surface area contributed by atoms with Gasteiger partial charge in [0, 0.05) is 11.8 Å². The molecule has 0 saturated heterocycles. The van der Waals surface area contributed by atoms with Crippen LogP contribution in [0.5, 0.6) is 11.5 Å². The lowest BCUT2D eigenvalue weighted by molar-refractivity contribution is -0.128. The molecule has 1 aromatic heterocycles. The number of rotatable bonds is 4. The minimum absolute atomic E-state index is 0.0741. The summed E-state index contributed by atoms with van der Waals surface area (Å²) < 4.78 is 40.3. The Morgan fingerprint density at radius 3 is 2.48 bits per heavy atom. The van der Waals surface area contributed by atoms with Crippen LogP contribution in [0.15, 0.2) is 57.8 Å². The van der Waals surface area contributed by atoms with Crippen molar-refractivity contribution < 1.29 is 27.1 Å². The van der Waals surface area contributed by atoms with Gasteiger partial charge in [0.05, 0.1) is 4.90 Å². The minimum atomic E-state index is -3.38. The summed E-state index contributed by atoms with van der Waals surface area (Å²) in [6.07, 6.45) is -0.329. The van der Waals surface area contributed by atoms with Gasteiger partial charge in [-0.15, -0.1) is 5.10 Å². The highest BCUT2D eigenvalue weighted by molar-refractivity contribution is 7.90. The number of sulfone groups is 1. The predicted octanol–water partition coefficient (Wildman–Crippen LogP) is 2.31. The first kappa shape index (κ1) is 18.9. The maximum atomic E-state index is 12.6. The summed E-state index contributed by atoms with van der Waals surface area (Å²) in [7, 11) is -3.38. The van der Waals surface area contributed by atoms with Gasteiger partial charge in [-0.3, -0.25) is 10.1 Å². The molecule has 0 aliphatic carbocycles. The Morgan fingerprint density at radius 2 is 1.76 bits per heavy atom. The molecule has 1 aliphatic rings. The molecule has 1 aliphatic heterocycles. The lowest BCUT2D eigenvalue weighted by atomic mass is 10.1. The summed E-state index contributed by atoms with van der Waals surface area (Å²) in [5.41, 5.74) is 0.417. The average Bonchev–Trinajstić information content (AvgIpc) is 3.15. The van der Waals surface area contributed by atoms with Crippen LogP contribution in [0.4, 0.5) is 6.01 Å². The van der Waals surface area contributed by atoms with Gasteiger partial charge in [-0.2, -0.15) is 0 Å². The number of carbonyl (C=O) groups excluding carboxylic acids is 1. The molecule has 2 heterocycles. The van der Waals surface area contributed by atoms with Crippen LogP contribution in [0.2, 0.25) is 0 Å². The van der Waals surface area contributed by atoms with Gasteiger partial charge in [-0.25, -0.2) is 8.42 Å². The third-order valence-electron chi connectivity index (χ3n) is 4.26. The van der Waals surface area contributed by atoms with Crippen LogP contribution in [-0.4, -0.2) is 43.0 Å². The van der Waals surface area contributed by atoms with E-state index in [1.165, 1.54) is 12.1 Å². The largest absolute Gasteiger partial charge is 0.482 e. The van der Waals surface area contributed by atoms with Crippen molar-refractivity contribution in [2.24, 2.45) is 0 Å². The standard InChI is InChI=1S/C19H17N3O6S/c1-11-16(27-15-9-4-3-8-14(15)26-11)17(23)20-19-22-21-18(28-19)12-6-5-7-13(10-12)29(2,24)25/h3-11,16H,1-2H3,(H,20,22,23). The van der Waals surface area contributed by atoms with Crippen molar-refractivity contribution in [2.75, 3.05) is 11.6 Å². The van der Waals surface area contributed by atoms with Crippen LogP contribution in [0, 0.1) is 0 Å². The molecule has 0 fully saturated rings. The van der Waals surface area contributed by atoms with E-state index in [0.29, 0.717) is 17.1 Å². The van der Waals surface area contributed by atoms with Crippen molar-refractivity contribution in [1.29, 1.82) is 0 Å². The molecule has 0 spiro atoms. The molecule has 4 rings (SSSR count). The van der Waals surface area contributed by atoms with Crippen molar-refractivity contribution in [2.45, 2.75) is 24.0 Å². The fraction of sp³-hybridized carbons (Fsp3) is 0.211. The van der Waals surface area contributed by atoms with E-state index in [9.17, 15) is 13.2 Å². The van der Waals surface area contributed by atoms with Crippen LogP contribution in [0.1, 0.15) is 6.92 Å². The molecular weight excluding hydrogens is 398 g/mol. The van der Waals surface area contributed by atoms with Crippen molar-refractivity contribution in [1.82, 2.24) is 10.2 Å². The lowest BCUT2D eigenvalue weighted by Crippen LogP contribution is -2.46. The third kappa shape index (κ3) is 3.92. The molecule has 1 N–H and O–H groups in total. The van der Waals surface area contributed by atoms with Gasteiger partial charge in [-0.05, 0) is 37.3 Å². The number of amides is 1. The Hall–Kier alpha value is -3.40. The summed E-state index contributed by atoms with van der Waals surface area (Å²) >= 11 is 0. The molecule has 2 atom stereocenters. The fourth-order valence-electron chi connectivity index (χ4n) is 2.83. The van der Waals surface area contributed by atoms with Gasteiger partial charge in [-0.1, -0.05) is 23.3 Å². The van der Waals surface area contributed by atoms with Crippen molar-refractivity contribution in [3.8, 4) is 23.0 Å². The number of hydrogen-bond acceptors (Lipinski definition) is 8. The molecule has 1 amide bonds. The van der Waals surface area contributed by atoms with E-state index < -0.39 is 28.0 Å². The summed E-state index contributed by atoms with van der Waals surface area (Å²) in [6.45, 7) is 1.72. The van der Waals surface area contributed by atoms with E-state index in [-0.39, 0.29) is 16.8 Å². The number of ether oxygens (including phenoxy) is 2. The zero-order chi connectivity index (χ0) is 20.6. The van der Waals surface area contributed by atoms with Gasteiger partial charge in [0.2, 0.25) is 12.0 Å². The van der Waals surface area contributed by atoms with Gasteiger partial charge >= 0.3 is 6.01 Å². The Kier molecular flexibility index (Phi) is 4.71. The Balaban J connectivity index is 1.50. The molecule has 0 bridgehead atoms. The van der Waals surface area contributed by atoms with Crippen molar-refractivity contribution >= 4 is 21.8 Å². The monoisotopic (exact) mass is 415 g/mol. The lowest BCUT2D eigenvalue weighted by Gasteiger charge is -2.30. The van der Waals surface area contributed by atoms with Crippen molar-refractivity contribution in [3.63, 3.8) is 0 Å². The third-order valence-corrected chi connectivity index (χ3v) is 5.38. The average molecular weight is 415 g/mol. The predicted molar refractivity (Wildman–Crippen MR) is 102 cm³/mol. The molecule has 2 unspecified atom stereocenters. The van der Waals surface area contributed by atoms with E-state index in [2.05, 4.69) is 15.5 Å². The highest BCUT2D eigenvalue weighted by Gasteiger charge is 2.34. The maximum Gasteiger partial charge on any atom is 0.322 e. The Bertz CT molecular complexity index is 1170. The van der Waals surface area contributed by atoms with Crippen LogP contribution in [0.3, 0.4) is 0 Å². The normalized spacial score (nSPS) is 18.3. The first-order chi connectivity index (χ1) is 13.8. The summed E-state index contributed by atoms with van der Waals surface area (Å²) in [4.78, 5) is 12.7. The van der Waals surface area contributed by atoms with E-state index in [1.807, 2.05) is 6.07 Å². The van der Waals surface area contributed by atoms with Gasteiger partial charge in [0.1, 0.15) is 6.10 Å². The minimum Gasteiger partial charge on any atom is -0.482 e.